The fourth-order valence-electron chi connectivity index (χ4n) is 2.44. The Morgan fingerprint density at radius 1 is 1.29 bits per heavy atom. The molecule has 24 heavy (non-hydrogen) atoms. The molecule has 0 bridgehead atoms. The number of likely N-dealkylation sites (N-methyl/N-ethyl adjacent to an activating group) is 1. The van der Waals surface area contributed by atoms with Crippen LogP contribution >= 0.6 is 34.2 Å². The first-order valence-electron chi connectivity index (χ1n) is 7.46. The minimum absolute atomic E-state index is 0.0106. The summed E-state index contributed by atoms with van der Waals surface area (Å²) >= 11 is 8.13. The van der Waals surface area contributed by atoms with Gasteiger partial charge >= 0.3 is 0 Å². The smallest absolute Gasteiger partial charge is 0.251 e. The Hall–Kier alpha value is -1.31. The molecule has 0 aromatic heterocycles. The Morgan fingerprint density at radius 3 is 2.62 bits per heavy atom. The molecular weight excluding hydrogens is 439 g/mol. The van der Waals surface area contributed by atoms with Crippen LogP contribution in [0.4, 0.5) is 0 Å². The van der Waals surface area contributed by atoms with Crippen molar-refractivity contribution in [1.82, 2.24) is 10.2 Å². The monoisotopic (exact) mass is 458 g/mol. The van der Waals surface area contributed by atoms with Gasteiger partial charge in [-0.2, -0.15) is 0 Å². The van der Waals surface area contributed by atoms with Gasteiger partial charge in [-0.05, 0) is 61.0 Å². The number of carbonyl (C=O) groups is 1. The number of hydrogen-bond donors (Lipinski definition) is 1. The van der Waals surface area contributed by atoms with Crippen LogP contribution in [-0.2, 0) is 0 Å². The molecule has 0 aliphatic rings. The molecule has 0 saturated heterocycles. The molecular formula is C18H20ClIN2O2. The number of nitrogens with one attached hydrogen (secondary N) is 1. The number of ether oxygens (including phenoxy) is 1. The maximum Gasteiger partial charge on any atom is 0.251 e. The Morgan fingerprint density at radius 2 is 2.00 bits per heavy atom. The Balaban J connectivity index is 2.14. The van der Waals surface area contributed by atoms with Crippen LogP contribution in [-0.4, -0.2) is 38.6 Å². The van der Waals surface area contributed by atoms with E-state index < -0.39 is 0 Å². The summed E-state index contributed by atoms with van der Waals surface area (Å²) in [6.07, 6.45) is 0. The minimum Gasteiger partial charge on any atom is -0.496 e. The van der Waals surface area contributed by atoms with Gasteiger partial charge in [-0.15, -0.1) is 0 Å². The van der Waals surface area contributed by atoms with E-state index >= 15 is 0 Å². The van der Waals surface area contributed by atoms with Crippen LogP contribution in [0.5, 0.6) is 5.75 Å². The van der Waals surface area contributed by atoms with Crippen molar-refractivity contribution in [3.05, 3.63) is 62.2 Å². The van der Waals surface area contributed by atoms with Crippen molar-refractivity contribution in [2.24, 2.45) is 0 Å². The summed E-state index contributed by atoms with van der Waals surface area (Å²) in [7, 11) is 5.61. The number of para-hydroxylation sites is 1. The molecule has 0 saturated carbocycles. The van der Waals surface area contributed by atoms with E-state index in [1.165, 1.54) is 0 Å². The van der Waals surface area contributed by atoms with Crippen molar-refractivity contribution in [2.75, 3.05) is 27.7 Å². The highest BCUT2D eigenvalue weighted by Gasteiger charge is 2.19. The van der Waals surface area contributed by atoms with Crippen molar-refractivity contribution < 1.29 is 9.53 Å². The summed E-state index contributed by atoms with van der Waals surface area (Å²) in [6, 6.07) is 13.1. The van der Waals surface area contributed by atoms with Gasteiger partial charge in [0.2, 0.25) is 0 Å². The van der Waals surface area contributed by atoms with Crippen LogP contribution in [0, 0.1) is 3.57 Å². The molecule has 0 fully saturated rings. The summed E-state index contributed by atoms with van der Waals surface area (Å²) in [5.41, 5.74) is 1.64. The van der Waals surface area contributed by atoms with E-state index in [0.717, 1.165) is 14.9 Å². The van der Waals surface area contributed by atoms with Crippen LogP contribution in [0.2, 0.25) is 5.02 Å². The molecule has 1 amide bonds. The first-order valence-corrected chi connectivity index (χ1v) is 8.92. The second kappa shape index (κ2) is 8.69. The van der Waals surface area contributed by atoms with E-state index in [1.807, 2.05) is 38.4 Å². The SMILES string of the molecule is COc1ccccc1C(CNC(=O)c1ccc(Cl)c(I)c1)N(C)C. The normalized spacial score (nSPS) is 12.1. The number of halogens is 2. The zero-order valence-electron chi connectivity index (χ0n) is 13.8. The van der Waals surface area contributed by atoms with E-state index in [0.29, 0.717) is 17.1 Å². The fourth-order valence-corrected chi connectivity index (χ4v) is 3.07. The van der Waals surface area contributed by atoms with Gasteiger partial charge in [0.25, 0.3) is 5.91 Å². The van der Waals surface area contributed by atoms with Gasteiger partial charge in [0.15, 0.2) is 0 Å². The molecule has 2 rings (SSSR count). The molecule has 128 valence electrons. The standard InChI is InChI=1S/C18H20ClIN2O2/c1-22(2)16(13-6-4-5-7-17(13)24-3)11-21-18(23)12-8-9-14(19)15(20)10-12/h4-10,16H,11H2,1-3H3,(H,21,23). The number of hydrogen-bond acceptors (Lipinski definition) is 3. The molecule has 2 aromatic carbocycles. The molecule has 0 spiro atoms. The number of methoxy groups -OCH3 is 1. The molecule has 1 N–H and O–H groups in total. The lowest BCUT2D eigenvalue weighted by molar-refractivity contribution is 0.0941. The lowest BCUT2D eigenvalue weighted by Crippen LogP contribution is -2.34. The summed E-state index contributed by atoms with van der Waals surface area (Å²) in [5, 5.41) is 3.64. The van der Waals surface area contributed by atoms with Crippen LogP contribution in [0.15, 0.2) is 42.5 Å². The van der Waals surface area contributed by atoms with Gasteiger partial charge in [-0.3, -0.25) is 4.79 Å². The van der Waals surface area contributed by atoms with E-state index in [2.05, 4.69) is 32.8 Å². The number of rotatable bonds is 6. The highest BCUT2D eigenvalue weighted by atomic mass is 127. The minimum atomic E-state index is -0.119. The highest BCUT2D eigenvalue weighted by Crippen LogP contribution is 2.27. The van der Waals surface area contributed by atoms with Gasteiger partial charge in [0.1, 0.15) is 5.75 Å². The molecule has 0 aliphatic carbocycles. The second-order valence-electron chi connectivity index (χ2n) is 5.56. The molecule has 0 aliphatic heterocycles. The Bertz CT molecular complexity index is 722. The lowest BCUT2D eigenvalue weighted by atomic mass is 10.0. The summed E-state index contributed by atoms with van der Waals surface area (Å²) in [5.74, 6) is 0.692. The molecule has 0 heterocycles. The third-order valence-electron chi connectivity index (χ3n) is 3.76. The van der Waals surface area contributed by atoms with Gasteiger partial charge in [0.05, 0.1) is 18.2 Å². The topological polar surface area (TPSA) is 41.6 Å². The number of carbonyl (C=O) groups excluding carboxylic acids is 1. The predicted molar refractivity (Wildman–Crippen MR) is 106 cm³/mol. The average Bonchev–Trinajstić information content (AvgIpc) is 2.57. The van der Waals surface area contributed by atoms with Crippen LogP contribution in [0.1, 0.15) is 22.0 Å². The first-order chi connectivity index (χ1) is 11.4. The lowest BCUT2D eigenvalue weighted by Gasteiger charge is -2.26. The second-order valence-corrected chi connectivity index (χ2v) is 7.13. The highest BCUT2D eigenvalue weighted by molar-refractivity contribution is 14.1. The van der Waals surface area contributed by atoms with Crippen molar-refractivity contribution in [1.29, 1.82) is 0 Å². The van der Waals surface area contributed by atoms with Crippen LogP contribution < -0.4 is 10.1 Å². The third-order valence-corrected chi connectivity index (χ3v) is 5.30. The third kappa shape index (κ3) is 4.62. The largest absolute Gasteiger partial charge is 0.496 e. The van der Waals surface area contributed by atoms with Crippen molar-refractivity contribution in [3.8, 4) is 5.75 Å². The molecule has 4 nitrogen and oxygen atoms in total. The molecule has 2 aromatic rings. The number of nitrogens with zero attached hydrogens (tertiary/aromatic N) is 1. The Labute approximate surface area is 161 Å². The predicted octanol–water partition coefficient (Wildman–Crippen LogP) is 3.99. The maximum atomic E-state index is 12.4. The zero-order valence-corrected chi connectivity index (χ0v) is 16.8. The van der Waals surface area contributed by atoms with Crippen molar-refractivity contribution in [3.63, 3.8) is 0 Å². The van der Waals surface area contributed by atoms with Crippen LogP contribution in [0.3, 0.4) is 0 Å². The summed E-state index contributed by atoms with van der Waals surface area (Å²) in [6.45, 7) is 0.478. The summed E-state index contributed by atoms with van der Waals surface area (Å²) < 4.78 is 6.30. The summed E-state index contributed by atoms with van der Waals surface area (Å²) in [4.78, 5) is 14.5. The van der Waals surface area contributed by atoms with E-state index in [-0.39, 0.29) is 11.9 Å². The average molecular weight is 459 g/mol. The molecule has 0 radical (unpaired) electrons. The van der Waals surface area contributed by atoms with Crippen molar-refractivity contribution in [2.45, 2.75) is 6.04 Å². The van der Waals surface area contributed by atoms with E-state index in [9.17, 15) is 4.79 Å². The van der Waals surface area contributed by atoms with Gasteiger partial charge in [-0.1, -0.05) is 29.8 Å². The number of benzene rings is 2. The number of amides is 1. The molecule has 6 heteroatoms. The quantitative estimate of drug-likeness (QED) is 0.666. The first kappa shape index (κ1) is 19.0. The maximum absolute atomic E-state index is 12.4. The van der Waals surface area contributed by atoms with Crippen LogP contribution in [0.25, 0.3) is 0 Å². The Kier molecular flexibility index (Phi) is 6.89. The van der Waals surface area contributed by atoms with Crippen molar-refractivity contribution >= 4 is 40.1 Å². The van der Waals surface area contributed by atoms with Gasteiger partial charge < -0.3 is 15.0 Å². The van der Waals surface area contributed by atoms with Gasteiger partial charge in [0, 0.05) is 21.2 Å². The van der Waals surface area contributed by atoms with E-state index in [4.69, 9.17) is 16.3 Å². The molecule has 1 atom stereocenters. The zero-order chi connectivity index (χ0) is 17.7. The fraction of sp³-hybridized carbons (Fsp3) is 0.278. The van der Waals surface area contributed by atoms with Gasteiger partial charge in [-0.25, -0.2) is 0 Å². The molecule has 1 unspecified atom stereocenters. The van der Waals surface area contributed by atoms with E-state index in [1.54, 1.807) is 25.3 Å².